The fraction of sp³-hybridized carbons (Fsp3) is 0.714. The van der Waals surface area contributed by atoms with Crippen LogP contribution >= 0.6 is 0 Å². The number of hydrogen-bond donors (Lipinski definition) is 0. The Labute approximate surface area is 109 Å². The van der Waals surface area contributed by atoms with Crippen LogP contribution in [0.1, 0.15) is 6.92 Å². The molecule has 0 aliphatic rings. The molecule has 14 heteroatoms. The van der Waals surface area contributed by atoms with Gasteiger partial charge in [0.1, 0.15) is 0 Å². The van der Waals surface area contributed by atoms with Crippen LogP contribution in [0, 0.1) is 0 Å². The molecule has 0 aromatic carbocycles. The average molecular weight is 354 g/mol. The summed E-state index contributed by atoms with van der Waals surface area (Å²) in [6.45, 7) is -0.887. The first-order valence-electron chi connectivity index (χ1n) is 4.35. The molecule has 0 aromatic rings. The highest BCUT2D eigenvalue weighted by molar-refractivity contribution is 7.95. The normalized spacial score (nSPS) is 15.0. The van der Waals surface area contributed by atoms with Crippen molar-refractivity contribution in [1.29, 1.82) is 0 Å². The molecule has 0 saturated carbocycles. The van der Waals surface area contributed by atoms with Crippen LogP contribution in [0.15, 0.2) is 0 Å². The molecule has 0 unspecified atom stereocenters. The van der Waals surface area contributed by atoms with Gasteiger partial charge in [-0.2, -0.15) is 39.5 Å². The van der Waals surface area contributed by atoms with Gasteiger partial charge in [-0.15, -0.1) is 0 Å². The first kappa shape index (κ1) is 19.7. The minimum atomic E-state index is -7.44. The molecule has 0 aliphatic carbocycles. The minimum Gasteiger partial charge on any atom is -0.287 e. The fourth-order valence-electron chi connectivity index (χ4n) is 1.12. The van der Waals surface area contributed by atoms with Crippen molar-refractivity contribution in [3.8, 4) is 0 Å². The number of hydrogen-bond acceptors (Lipinski definition) is 4. The summed E-state index contributed by atoms with van der Waals surface area (Å²) in [4.78, 5) is 21.5. The van der Waals surface area contributed by atoms with E-state index in [0.717, 1.165) is 0 Å². The molecule has 0 amide bonds. The van der Waals surface area contributed by atoms with Gasteiger partial charge in [0.25, 0.3) is 21.4 Å². The molecule has 0 N–H and O–H groups in total. The minimum absolute atomic E-state index is 0.887. The molecule has 0 fully saturated rings. The molecule has 0 atom stereocenters. The van der Waals surface area contributed by atoms with Gasteiger partial charge >= 0.3 is 17.9 Å². The van der Waals surface area contributed by atoms with Crippen LogP contribution in [0.5, 0.6) is 0 Å². The first-order valence-corrected chi connectivity index (χ1v) is 5.83. The quantitative estimate of drug-likeness (QED) is 0.574. The van der Waals surface area contributed by atoms with Crippen LogP contribution in [0.25, 0.3) is 0 Å². The molecule has 0 radical (unpaired) electrons. The molecular weight excluding hydrogens is 351 g/mol. The van der Waals surface area contributed by atoms with E-state index in [1.54, 1.807) is 0 Å². The van der Waals surface area contributed by atoms with Gasteiger partial charge in [0.15, 0.2) is 0 Å². The lowest BCUT2D eigenvalue weighted by atomic mass is 9.99. The van der Waals surface area contributed by atoms with E-state index in [0.29, 0.717) is 0 Å². The van der Waals surface area contributed by atoms with Crippen molar-refractivity contribution in [3.05, 3.63) is 0 Å². The summed E-state index contributed by atoms with van der Waals surface area (Å²) >= 11 is 0. The monoisotopic (exact) mass is 354 g/mol. The molecule has 0 aliphatic heterocycles. The number of alkyl halides is 9. The first-order chi connectivity index (χ1) is 8.81. The highest BCUT2D eigenvalue weighted by Crippen LogP contribution is 2.41. The number of ketones is 2. The lowest BCUT2D eigenvalue weighted by molar-refractivity contribution is -0.187. The van der Waals surface area contributed by atoms with E-state index in [-0.39, 0.29) is 0 Å². The Morgan fingerprint density at radius 2 is 0.952 bits per heavy atom. The number of sulfone groups is 1. The smallest absolute Gasteiger partial charge is 0.287 e. The molecule has 0 heterocycles. The number of halogens is 9. The van der Waals surface area contributed by atoms with E-state index < -0.39 is 50.9 Å². The topological polar surface area (TPSA) is 68.3 Å². The third-order valence-electron chi connectivity index (χ3n) is 2.22. The second-order valence-electron chi connectivity index (χ2n) is 3.64. The Kier molecular flexibility index (Phi) is 4.54. The van der Waals surface area contributed by atoms with Crippen LogP contribution in [-0.4, -0.2) is 42.6 Å². The zero-order chi connectivity index (χ0) is 17.7. The van der Waals surface area contributed by atoms with Gasteiger partial charge in [0.05, 0.1) is 0 Å². The molecule has 4 nitrogen and oxygen atoms in total. The predicted octanol–water partition coefficient (Wildman–Crippen LogP) is 1.94. The zero-order valence-corrected chi connectivity index (χ0v) is 10.3. The summed E-state index contributed by atoms with van der Waals surface area (Å²) < 4.78 is 126. The van der Waals surface area contributed by atoms with E-state index in [9.17, 15) is 57.5 Å². The van der Waals surface area contributed by atoms with Gasteiger partial charge in [-0.1, -0.05) is 0 Å². The largest absolute Gasteiger partial charge is 0.498 e. The van der Waals surface area contributed by atoms with Crippen molar-refractivity contribution in [3.63, 3.8) is 0 Å². The van der Waals surface area contributed by atoms with Crippen molar-refractivity contribution in [1.82, 2.24) is 0 Å². The Morgan fingerprint density at radius 3 is 1.10 bits per heavy atom. The van der Waals surface area contributed by atoms with Gasteiger partial charge in [0.2, 0.25) is 4.75 Å². The van der Waals surface area contributed by atoms with Gasteiger partial charge in [-0.3, -0.25) is 9.59 Å². The maximum absolute atomic E-state index is 12.2. The van der Waals surface area contributed by atoms with Crippen LogP contribution in [0.4, 0.5) is 39.5 Å². The van der Waals surface area contributed by atoms with Crippen molar-refractivity contribution >= 4 is 21.4 Å². The Morgan fingerprint density at radius 1 is 0.714 bits per heavy atom. The van der Waals surface area contributed by atoms with Crippen molar-refractivity contribution in [2.75, 3.05) is 0 Å². The second kappa shape index (κ2) is 4.84. The van der Waals surface area contributed by atoms with E-state index in [4.69, 9.17) is 0 Å². The number of carbonyl (C=O) groups excluding carboxylic acids is 2. The highest BCUT2D eigenvalue weighted by Gasteiger charge is 2.73. The summed E-state index contributed by atoms with van der Waals surface area (Å²) in [7, 11) is -7.44. The third-order valence-corrected chi connectivity index (χ3v) is 4.28. The van der Waals surface area contributed by atoms with E-state index in [1.165, 1.54) is 0 Å². The fourth-order valence-corrected chi connectivity index (χ4v) is 2.30. The zero-order valence-electron chi connectivity index (χ0n) is 9.44. The second-order valence-corrected chi connectivity index (χ2v) is 5.92. The Hall–Kier alpha value is -1.34. The summed E-state index contributed by atoms with van der Waals surface area (Å²) in [5, 5.41) is 0. The van der Waals surface area contributed by atoms with Gasteiger partial charge < -0.3 is 0 Å². The summed E-state index contributed by atoms with van der Waals surface area (Å²) in [6, 6.07) is 0. The predicted molar refractivity (Wildman–Crippen MR) is 45.5 cm³/mol. The average Bonchev–Trinajstić information content (AvgIpc) is 2.21. The van der Waals surface area contributed by atoms with E-state index in [1.807, 2.05) is 0 Å². The molecular formula is C7H3F9O4S. The number of rotatable bonds is 3. The summed E-state index contributed by atoms with van der Waals surface area (Å²) in [5.41, 5.74) is -6.69. The van der Waals surface area contributed by atoms with Crippen LogP contribution in [-0.2, 0) is 19.4 Å². The molecule has 124 valence electrons. The summed E-state index contributed by atoms with van der Waals surface area (Å²) in [6.07, 6.45) is -12.8. The third kappa shape index (κ3) is 3.13. The highest BCUT2D eigenvalue weighted by atomic mass is 32.2. The van der Waals surface area contributed by atoms with Crippen LogP contribution in [0.2, 0.25) is 0 Å². The summed E-state index contributed by atoms with van der Waals surface area (Å²) in [5.74, 6) is -7.98. The molecule has 0 saturated heterocycles. The van der Waals surface area contributed by atoms with Crippen LogP contribution < -0.4 is 0 Å². The van der Waals surface area contributed by atoms with E-state index >= 15 is 0 Å². The molecule has 0 rings (SSSR count). The molecule has 0 aromatic heterocycles. The Bertz CT molecular complexity index is 524. The lowest BCUT2D eigenvalue weighted by Gasteiger charge is -2.28. The maximum Gasteiger partial charge on any atom is 0.498 e. The maximum atomic E-state index is 12.2. The van der Waals surface area contributed by atoms with Crippen molar-refractivity contribution in [2.24, 2.45) is 0 Å². The van der Waals surface area contributed by atoms with Gasteiger partial charge in [-0.05, 0) is 6.92 Å². The van der Waals surface area contributed by atoms with Gasteiger partial charge in [0, 0.05) is 0 Å². The van der Waals surface area contributed by atoms with Crippen LogP contribution in [0.3, 0.4) is 0 Å². The molecule has 0 spiro atoms. The molecule has 21 heavy (non-hydrogen) atoms. The molecule has 0 bridgehead atoms. The van der Waals surface area contributed by atoms with Crippen molar-refractivity contribution in [2.45, 2.75) is 29.5 Å². The SMILES string of the molecule is CC(C(=O)C(F)(F)F)(C(=O)C(F)(F)F)S(=O)(=O)C(F)(F)F. The number of carbonyl (C=O) groups is 2. The van der Waals surface area contributed by atoms with Gasteiger partial charge in [-0.25, -0.2) is 8.42 Å². The lowest BCUT2D eigenvalue weighted by Crippen LogP contribution is -2.62. The Balaban J connectivity index is 6.61. The standard InChI is InChI=1S/C7H3F9O4S/c1-4(2(17)5(8,9)10,3(18)6(11,12)13)21(19,20)7(14,15)16/h1H3. The number of Topliss-reactive ketones (excluding diaryl/α,β-unsaturated/α-hetero) is 2. The van der Waals surface area contributed by atoms with Crippen molar-refractivity contribution < 1.29 is 57.5 Å². The van der Waals surface area contributed by atoms with E-state index in [2.05, 4.69) is 0 Å².